The van der Waals surface area contributed by atoms with Crippen LogP contribution in [-0.2, 0) is 0 Å². The van der Waals surface area contributed by atoms with Crippen molar-refractivity contribution in [2.24, 2.45) is 17.6 Å². The Morgan fingerprint density at radius 3 is 2.72 bits per heavy atom. The van der Waals surface area contributed by atoms with Crippen molar-refractivity contribution < 1.29 is 5.21 Å². The second-order valence-corrected chi connectivity index (χ2v) is 6.12. The zero-order chi connectivity index (χ0) is 13.1. The Morgan fingerprint density at radius 2 is 2.00 bits per heavy atom. The maximum Gasteiger partial charge on any atom is 0.0572 e. The minimum absolute atomic E-state index is 0.127. The van der Waals surface area contributed by atoms with Crippen LogP contribution in [0.4, 0.5) is 0 Å². The third-order valence-corrected chi connectivity index (χ3v) is 4.59. The van der Waals surface area contributed by atoms with Gasteiger partial charge in [-0.1, -0.05) is 19.8 Å². The summed E-state index contributed by atoms with van der Waals surface area (Å²) in [5, 5.41) is 20.6. The van der Waals surface area contributed by atoms with Crippen molar-refractivity contribution in [2.45, 2.75) is 57.7 Å². The van der Waals surface area contributed by atoms with E-state index in [0.29, 0.717) is 5.92 Å². The fourth-order valence-electron chi connectivity index (χ4n) is 3.47. The lowest BCUT2D eigenvalue weighted by Gasteiger charge is -2.44. The summed E-state index contributed by atoms with van der Waals surface area (Å²) in [6.07, 6.45) is 6.40. The highest BCUT2D eigenvalue weighted by Gasteiger charge is 2.31. The minimum Gasteiger partial charge on any atom is -0.762 e. The number of likely N-dealkylation sites (tertiary alicyclic amines) is 1. The average Bonchev–Trinajstić information content (AvgIpc) is 2.34. The smallest absolute Gasteiger partial charge is 0.0572 e. The Balaban J connectivity index is 1.93. The van der Waals surface area contributed by atoms with Crippen molar-refractivity contribution in [3.8, 4) is 0 Å². The van der Waals surface area contributed by atoms with E-state index in [1.165, 1.54) is 6.42 Å². The topological polar surface area (TPSA) is 75.8 Å². The first kappa shape index (κ1) is 14.2. The van der Waals surface area contributed by atoms with Crippen molar-refractivity contribution in [1.82, 2.24) is 10.1 Å². The standard InChI is InChI=1S/C13H26N3O2/c1-10-6-7-13(14)15(8-10)9-11-4-2-3-5-12(11)16(17)18/h10-13,17H,2-9,14H2,1H3/q-1. The Morgan fingerprint density at radius 1 is 1.28 bits per heavy atom. The molecule has 2 rings (SSSR count). The second kappa shape index (κ2) is 6.30. The van der Waals surface area contributed by atoms with Gasteiger partial charge < -0.3 is 16.1 Å². The van der Waals surface area contributed by atoms with E-state index in [9.17, 15) is 10.4 Å². The molecule has 2 aliphatic rings. The van der Waals surface area contributed by atoms with Gasteiger partial charge in [-0.2, -0.15) is 0 Å². The van der Waals surface area contributed by atoms with Crippen LogP contribution in [0.1, 0.15) is 45.4 Å². The van der Waals surface area contributed by atoms with Crippen LogP contribution in [0.25, 0.3) is 0 Å². The van der Waals surface area contributed by atoms with Crippen molar-refractivity contribution in [3.63, 3.8) is 0 Å². The van der Waals surface area contributed by atoms with Crippen molar-refractivity contribution in [2.75, 3.05) is 13.1 Å². The second-order valence-electron chi connectivity index (χ2n) is 6.12. The molecule has 0 aromatic rings. The van der Waals surface area contributed by atoms with E-state index in [1.807, 2.05) is 0 Å². The lowest BCUT2D eigenvalue weighted by Crippen LogP contribution is -2.52. The molecule has 2 fully saturated rings. The number of hydrogen-bond acceptors (Lipinski definition) is 5. The van der Waals surface area contributed by atoms with E-state index in [-0.39, 0.29) is 23.4 Å². The van der Waals surface area contributed by atoms with Crippen LogP contribution in [-0.4, -0.2) is 40.6 Å². The zero-order valence-electron chi connectivity index (χ0n) is 11.3. The molecule has 1 saturated heterocycles. The first-order valence-corrected chi connectivity index (χ1v) is 7.22. The van der Waals surface area contributed by atoms with E-state index in [0.717, 1.165) is 45.2 Å². The molecular formula is C13H26N3O2-. The summed E-state index contributed by atoms with van der Waals surface area (Å²) in [4.78, 5) is 2.31. The third kappa shape index (κ3) is 3.42. The lowest BCUT2D eigenvalue weighted by molar-refractivity contribution is -0.112. The molecule has 4 atom stereocenters. The van der Waals surface area contributed by atoms with Gasteiger partial charge >= 0.3 is 0 Å². The Kier molecular flexibility index (Phi) is 4.98. The van der Waals surface area contributed by atoms with E-state index >= 15 is 0 Å². The predicted molar refractivity (Wildman–Crippen MR) is 70.7 cm³/mol. The van der Waals surface area contributed by atoms with Crippen molar-refractivity contribution >= 4 is 0 Å². The predicted octanol–water partition coefficient (Wildman–Crippen LogP) is 1.75. The number of hydrogen-bond donors (Lipinski definition) is 2. The summed E-state index contributed by atoms with van der Waals surface area (Å²) < 4.78 is 0. The van der Waals surface area contributed by atoms with Crippen LogP contribution in [0.2, 0.25) is 0 Å². The molecule has 0 radical (unpaired) electrons. The van der Waals surface area contributed by atoms with E-state index in [1.54, 1.807) is 0 Å². The molecule has 3 N–H and O–H groups in total. The summed E-state index contributed by atoms with van der Waals surface area (Å²) in [6.45, 7) is 4.13. The zero-order valence-corrected chi connectivity index (χ0v) is 11.3. The van der Waals surface area contributed by atoms with E-state index in [2.05, 4.69) is 11.8 Å². The maximum absolute atomic E-state index is 11.2. The maximum atomic E-state index is 11.2. The summed E-state index contributed by atoms with van der Waals surface area (Å²) in [7, 11) is 0. The van der Waals surface area contributed by atoms with Gasteiger partial charge in [0.25, 0.3) is 0 Å². The number of nitrogens with two attached hydrogens (primary N) is 1. The molecule has 4 unspecified atom stereocenters. The highest BCUT2D eigenvalue weighted by molar-refractivity contribution is 4.85. The van der Waals surface area contributed by atoms with Crippen LogP contribution in [0.15, 0.2) is 0 Å². The number of nitrogens with zero attached hydrogens (tertiary/aromatic N) is 2. The molecule has 0 amide bonds. The van der Waals surface area contributed by atoms with Gasteiger partial charge in [-0.05, 0) is 37.5 Å². The largest absolute Gasteiger partial charge is 0.762 e. The number of hydroxylamine groups is 2. The van der Waals surface area contributed by atoms with Gasteiger partial charge in [-0.25, -0.2) is 0 Å². The SMILES string of the molecule is CC1CCC(N)N(CC2CCCCC2N([O-])O)C1. The fraction of sp³-hybridized carbons (Fsp3) is 1.00. The van der Waals surface area contributed by atoms with E-state index in [4.69, 9.17) is 5.73 Å². The molecule has 106 valence electrons. The molecule has 5 heteroatoms. The van der Waals surface area contributed by atoms with Gasteiger partial charge in [0.15, 0.2) is 0 Å². The Hall–Kier alpha value is -0.200. The number of piperidine rings is 1. The number of rotatable bonds is 3. The first-order valence-electron chi connectivity index (χ1n) is 7.22. The summed E-state index contributed by atoms with van der Waals surface area (Å²) in [5.74, 6) is 0.946. The Bertz CT molecular complexity index is 263. The molecule has 1 aliphatic heterocycles. The summed E-state index contributed by atoms with van der Waals surface area (Å²) in [6, 6.07) is -0.233. The summed E-state index contributed by atoms with van der Waals surface area (Å²) in [5.41, 5.74) is 6.15. The molecule has 0 aromatic heterocycles. The van der Waals surface area contributed by atoms with Gasteiger partial charge in [-0.3, -0.25) is 10.1 Å². The molecule has 1 aliphatic carbocycles. The monoisotopic (exact) mass is 256 g/mol. The molecular weight excluding hydrogens is 230 g/mol. The molecule has 5 nitrogen and oxygen atoms in total. The molecule has 0 spiro atoms. The van der Waals surface area contributed by atoms with Crippen LogP contribution in [0.3, 0.4) is 0 Å². The third-order valence-electron chi connectivity index (χ3n) is 4.59. The van der Waals surface area contributed by atoms with Gasteiger partial charge in [0.05, 0.1) is 6.17 Å². The lowest BCUT2D eigenvalue weighted by atomic mass is 9.83. The first-order chi connectivity index (χ1) is 8.58. The van der Waals surface area contributed by atoms with E-state index < -0.39 is 0 Å². The highest BCUT2D eigenvalue weighted by atomic mass is 16.8. The van der Waals surface area contributed by atoms with Gasteiger partial charge in [0.2, 0.25) is 0 Å². The molecule has 1 heterocycles. The van der Waals surface area contributed by atoms with Crippen LogP contribution >= 0.6 is 0 Å². The molecule has 1 saturated carbocycles. The van der Waals surface area contributed by atoms with Crippen molar-refractivity contribution in [1.29, 1.82) is 0 Å². The van der Waals surface area contributed by atoms with Crippen molar-refractivity contribution in [3.05, 3.63) is 5.21 Å². The quantitative estimate of drug-likeness (QED) is 0.752. The fourth-order valence-corrected chi connectivity index (χ4v) is 3.47. The normalized spacial score (nSPS) is 39.2. The average molecular weight is 256 g/mol. The van der Waals surface area contributed by atoms with Gasteiger partial charge in [0.1, 0.15) is 0 Å². The van der Waals surface area contributed by atoms with Gasteiger partial charge in [0, 0.05) is 19.1 Å². The molecule has 0 bridgehead atoms. The van der Waals surface area contributed by atoms with Gasteiger partial charge in [-0.15, -0.1) is 0 Å². The highest BCUT2D eigenvalue weighted by Crippen LogP contribution is 2.30. The molecule has 0 aromatic carbocycles. The van der Waals surface area contributed by atoms with Crippen LogP contribution in [0.5, 0.6) is 0 Å². The van der Waals surface area contributed by atoms with Crippen LogP contribution in [0, 0.1) is 17.0 Å². The Labute approximate surface area is 109 Å². The summed E-state index contributed by atoms with van der Waals surface area (Å²) >= 11 is 0. The van der Waals surface area contributed by atoms with Crippen LogP contribution < -0.4 is 5.73 Å². The molecule has 18 heavy (non-hydrogen) atoms. The minimum atomic E-state index is -0.233.